The molecule has 1 saturated carbocycles. The van der Waals surface area contributed by atoms with E-state index in [1.165, 1.54) is 11.0 Å². The number of carbonyl (C=O) groups is 2. The predicted molar refractivity (Wildman–Crippen MR) is 77.3 cm³/mol. The summed E-state index contributed by atoms with van der Waals surface area (Å²) in [7, 11) is 0. The molecule has 5 heteroatoms. The fraction of sp³-hybridized carbons (Fsp3) is 0.500. The summed E-state index contributed by atoms with van der Waals surface area (Å²) in [6, 6.07) is 5.52. The molecule has 1 aromatic carbocycles. The molecular formula is C16H19FN2O2. The van der Waals surface area contributed by atoms with Gasteiger partial charge in [-0.25, -0.2) is 4.39 Å². The highest BCUT2D eigenvalue weighted by Crippen LogP contribution is 2.37. The summed E-state index contributed by atoms with van der Waals surface area (Å²) in [4.78, 5) is 26.7. The molecule has 1 aliphatic carbocycles. The van der Waals surface area contributed by atoms with Crippen molar-refractivity contribution < 1.29 is 14.0 Å². The highest BCUT2D eigenvalue weighted by atomic mass is 19.1. The van der Waals surface area contributed by atoms with Crippen LogP contribution in [0.15, 0.2) is 24.3 Å². The molecule has 1 saturated heterocycles. The van der Waals surface area contributed by atoms with Gasteiger partial charge in [-0.05, 0) is 31.4 Å². The van der Waals surface area contributed by atoms with E-state index < -0.39 is 17.4 Å². The molecular weight excluding hydrogens is 271 g/mol. The van der Waals surface area contributed by atoms with Crippen molar-refractivity contribution in [3.63, 3.8) is 0 Å². The van der Waals surface area contributed by atoms with Gasteiger partial charge in [-0.2, -0.15) is 0 Å². The molecule has 2 amide bonds. The van der Waals surface area contributed by atoms with Gasteiger partial charge in [-0.3, -0.25) is 14.5 Å². The highest BCUT2D eigenvalue weighted by Gasteiger charge is 2.52. The summed E-state index contributed by atoms with van der Waals surface area (Å²) in [6.07, 6.45) is 3.56. The van der Waals surface area contributed by atoms with E-state index in [0.717, 1.165) is 12.8 Å². The Bertz CT molecular complexity index is 581. The van der Waals surface area contributed by atoms with Gasteiger partial charge >= 0.3 is 0 Å². The molecule has 112 valence electrons. The summed E-state index contributed by atoms with van der Waals surface area (Å²) in [5.41, 5.74) is -0.624. The fourth-order valence-electron chi connectivity index (χ4n) is 3.47. The molecule has 1 unspecified atom stereocenters. The third-order valence-corrected chi connectivity index (χ3v) is 4.56. The second-order valence-corrected chi connectivity index (χ2v) is 5.83. The van der Waals surface area contributed by atoms with Crippen molar-refractivity contribution in [3.8, 4) is 0 Å². The zero-order chi connectivity index (χ0) is 15.0. The number of para-hydroxylation sites is 1. The van der Waals surface area contributed by atoms with Crippen LogP contribution in [0, 0.1) is 5.82 Å². The number of nitrogens with zero attached hydrogens (tertiary/aromatic N) is 1. The van der Waals surface area contributed by atoms with Crippen LogP contribution in [0.25, 0.3) is 0 Å². The number of rotatable bonds is 2. The Morgan fingerprint density at radius 3 is 2.57 bits per heavy atom. The standard InChI is InChI=1S/C16H19FN2O2/c1-2-12-14(20)18-16(9-5-6-10-16)15(21)19(12)13-8-4-3-7-11(13)17/h3-4,7-8,12H,2,5-6,9-10H2,1H3,(H,18,20). The number of piperazine rings is 1. The molecule has 21 heavy (non-hydrogen) atoms. The number of amides is 2. The molecule has 2 aliphatic rings. The van der Waals surface area contributed by atoms with Gasteiger partial charge in [-0.1, -0.05) is 31.9 Å². The highest BCUT2D eigenvalue weighted by molar-refractivity contribution is 6.11. The lowest BCUT2D eigenvalue weighted by atomic mass is 9.89. The van der Waals surface area contributed by atoms with Crippen molar-refractivity contribution in [2.75, 3.05) is 4.90 Å². The van der Waals surface area contributed by atoms with E-state index in [1.54, 1.807) is 18.2 Å². The number of hydrogen-bond donors (Lipinski definition) is 1. The molecule has 4 nitrogen and oxygen atoms in total. The first-order valence-corrected chi connectivity index (χ1v) is 7.49. The van der Waals surface area contributed by atoms with Crippen LogP contribution < -0.4 is 10.2 Å². The van der Waals surface area contributed by atoms with Crippen LogP contribution in [0.2, 0.25) is 0 Å². The molecule has 1 aromatic rings. The van der Waals surface area contributed by atoms with E-state index in [0.29, 0.717) is 19.3 Å². The van der Waals surface area contributed by atoms with Crippen LogP contribution >= 0.6 is 0 Å². The maximum atomic E-state index is 14.1. The Hall–Kier alpha value is -1.91. The van der Waals surface area contributed by atoms with Gasteiger partial charge in [-0.15, -0.1) is 0 Å². The number of halogens is 1. The number of hydrogen-bond acceptors (Lipinski definition) is 2. The molecule has 0 aromatic heterocycles. The molecule has 0 bridgehead atoms. The Balaban J connectivity index is 2.07. The Morgan fingerprint density at radius 2 is 1.95 bits per heavy atom. The summed E-state index contributed by atoms with van der Waals surface area (Å²) in [5, 5.41) is 2.91. The van der Waals surface area contributed by atoms with Gasteiger partial charge in [0.1, 0.15) is 17.4 Å². The van der Waals surface area contributed by atoms with Gasteiger partial charge < -0.3 is 5.32 Å². The zero-order valence-electron chi connectivity index (χ0n) is 12.1. The van der Waals surface area contributed by atoms with Crippen molar-refractivity contribution in [2.45, 2.75) is 50.6 Å². The molecule has 1 atom stereocenters. The largest absolute Gasteiger partial charge is 0.340 e. The Kier molecular flexibility index (Phi) is 3.43. The van der Waals surface area contributed by atoms with Crippen LogP contribution in [-0.4, -0.2) is 23.4 Å². The third-order valence-electron chi connectivity index (χ3n) is 4.56. The van der Waals surface area contributed by atoms with E-state index in [1.807, 2.05) is 6.92 Å². The summed E-state index contributed by atoms with van der Waals surface area (Å²) >= 11 is 0. The molecule has 2 fully saturated rings. The van der Waals surface area contributed by atoms with Crippen LogP contribution in [0.3, 0.4) is 0 Å². The van der Waals surface area contributed by atoms with Crippen molar-refractivity contribution in [2.24, 2.45) is 0 Å². The third kappa shape index (κ3) is 2.11. The first-order valence-electron chi connectivity index (χ1n) is 7.49. The van der Waals surface area contributed by atoms with Crippen LogP contribution in [0.4, 0.5) is 10.1 Å². The first kappa shape index (κ1) is 14.0. The fourth-order valence-corrected chi connectivity index (χ4v) is 3.47. The maximum absolute atomic E-state index is 14.1. The monoisotopic (exact) mass is 290 g/mol. The molecule has 1 heterocycles. The second kappa shape index (κ2) is 5.13. The van der Waals surface area contributed by atoms with E-state index in [4.69, 9.17) is 0 Å². The average molecular weight is 290 g/mol. The minimum absolute atomic E-state index is 0.170. The first-order chi connectivity index (χ1) is 10.1. The quantitative estimate of drug-likeness (QED) is 0.909. The van der Waals surface area contributed by atoms with Crippen LogP contribution in [0.5, 0.6) is 0 Å². The second-order valence-electron chi connectivity index (χ2n) is 5.83. The number of benzene rings is 1. The van der Waals surface area contributed by atoms with Crippen LogP contribution in [0.1, 0.15) is 39.0 Å². The van der Waals surface area contributed by atoms with E-state index in [2.05, 4.69) is 5.32 Å². The maximum Gasteiger partial charge on any atom is 0.253 e. The van der Waals surface area contributed by atoms with Gasteiger partial charge in [0, 0.05) is 0 Å². The number of carbonyl (C=O) groups excluding carboxylic acids is 2. The summed E-state index contributed by atoms with van der Waals surface area (Å²) < 4.78 is 14.1. The molecule has 1 spiro atoms. The van der Waals surface area contributed by atoms with Crippen molar-refractivity contribution in [3.05, 3.63) is 30.1 Å². The SMILES string of the molecule is CCC1C(=O)NC2(CCCC2)C(=O)N1c1ccccc1F. The van der Waals surface area contributed by atoms with Gasteiger partial charge in [0.25, 0.3) is 5.91 Å². The lowest BCUT2D eigenvalue weighted by molar-refractivity contribution is -0.138. The topological polar surface area (TPSA) is 49.4 Å². The number of anilines is 1. The van der Waals surface area contributed by atoms with E-state index in [9.17, 15) is 14.0 Å². The van der Waals surface area contributed by atoms with Gasteiger partial charge in [0.15, 0.2) is 0 Å². The molecule has 0 radical (unpaired) electrons. The lowest BCUT2D eigenvalue weighted by Gasteiger charge is -2.44. The van der Waals surface area contributed by atoms with E-state index >= 15 is 0 Å². The van der Waals surface area contributed by atoms with Crippen LogP contribution in [-0.2, 0) is 9.59 Å². The summed E-state index contributed by atoms with van der Waals surface area (Å²) in [5.74, 6) is -0.814. The Morgan fingerprint density at radius 1 is 1.29 bits per heavy atom. The van der Waals surface area contributed by atoms with E-state index in [-0.39, 0.29) is 17.5 Å². The van der Waals surface area contributed by atoms with Gasteiger partial charge in [0.05, 0.1) is 5.69 Å². The smallest absolute Gasteiger partial charge is 0.253 e. The Labute approximate surface area is 123 Å². The normalized spacial score (nSPS) is 24.5. The predicted octanol–water partition coefficient (Wildman–Crippen LogP) is 2.38. The minimum Gasteiger partial charge on any atom is -0.340 e. The summed E-state index contributed by atoms with van der Waals surface area (Å²) in [6.45, 7) is 1.83. The average Bonchev–Trinajstić information content (AvgIpc) is 2.93. The molecule has 1 aliphatic heterocycles. The molecule has 3 rings (SSSR count). The van der Waals surface area contributed by atoms with Crippen molar-refractivity contribution in [1.82, 2.24) is 5.32 Å². The zero-order valence-corrected chi connectivity index (χ0v) is 12.1. The van der Waals surface area contributed by atoms with Crippen molar-refractivity contribution in [1.29, 1.82) is 0 Å². The molecule has 1 N–H and O–H groups in total. The number of nitrogens with one attached hydrogen (secondary N) is 1. The van der Waals surface area contributed by atoms with Crippen molar-refractivity contribution >= 4 is 17.5 Å². The lowest BCUT2D eigenvalue weighted by Crippen LogP contribution is -2.69. The minimum atomic E-state index is -0.828. The van der Waals surface area contributed by atoms with Gasteiger partial charge in [0.2, 0.25) is 5.91 Å².